The number of aryl methyl sites for hydroxylation is 1. The number of halogens is 1. The van der Waals surface area contributed by atoms with Crippen LogP contribution in [0.3, 0.4) is 0 Å². The van der Waals surface area contributed by atoms with Gasteiger partial charge >= 0.3 is 0 Å². The van der Waals surface area contributed by atoms with Crippen LogP contribution in [0.15, 0.2) is 18.3 Å². The first kappa shape index (κ1) is 10.7. The van der Waals surface area contributed by atoms with Crippen molar-refractivity contribution in [2.45, 2.75) is 20.0 Å². The predicted molar refractivity (Wildman–Crippen MR) is 64.5 cm³/mol. The highest BCUT2D eigenvalue weighted by molar-refractivity contribution is 6.30. The van der Waals surface area contributed by atoms with Gasteiger partial charge in [-0.3, -0.25) is 0 Å². The average molecular weight is 250 g/mol. The van der Waals surface area contributed by atoms with Crippen LogP contribution in [0, 0.1) is 6.92 Å². The van der Waals surface area contributed by atoms with Crippen LogP contribution < -0.4 is 0 Å². The van der Waals surface area contributed by atoms with Crippen LogP contribution in [0.25, 0.3) is 5.82 Å². The summed E-state index contributed by atoms with van der Waals surface area (Å²) in [4.78, 5) is 4.29. The third kappa shape index (κ3) is 1.83. The van der Waals surface area contributed by atoms with Gasteiger partial charge in [0.1, 0.15) is 5.15 Å². The molecule has 0 atom stereocenters. The molecule has 0 unspecified atom stereocenters. The fourth-order valence-electron chi connectivity index (χ4n) is 1.95. The highest BCUT2D eigenvalue weighted by Gasteiger charge is 2.20. The Balaban J connectivity index is 2.12. The molecule has 0 saturated carbocycles. The van der Waals surface area contributed by atoms with Gasteiger partial charge in [0.25, 0.3) is 0 Å². The number of hydrogen-bond donors (Lipinski definition) is 0. The zero-order valence-corrected chi connectivity index (χ0v) is 10.2. The van der Waals surface area contributed by atoms with E-state index in [-0.39, 0.29) is 0 Å². The average Bonchev–Trinajstić information content (AvgIpc) is 2.68. The topological polar surface area (TPSA) is 39.9 Å². The van der Waals surface area contributed by atoms with Gasteiger partial charge in [0, 0.05) is 18.2 Å². The molecule has 0 amide bonds. The molecule has 4 nitrogen and oxygen atoms in total. The van der Waals surface area contributed by atoms with E-state index in [4.69, 9.17) is 16.3 Å². The maximum absolute atomic E-state index is 6.31. The van der Waals surface area contributed by atoms with Gasteiger partial charge in [-0.2, -0.15) is 5.10 Å². The van der Waals surface area contributed by atoms with E-state index in [9.17, 15) is 0 Å². The lowest BCUT2D eigenvalue weighted by Gasteiger charge is -2.09. The summed E-state index contributed by atoms with van der Waals surface area (Å²) >= 11 is 6.31. The normalized spacial score (nSPS) is 14.7. The summed E-state index contributed by atoms with van der Waals surface area (Å²) in [6.07, 6.45) is 2.58. The van der Waals surface area contributed by atoms with Gasteiger partial charge in [0.05, 0.1) is 18.9 Å². The first-order chi connectivity index (χ1) is 8.25. The molecule has 17 heavy (non-hydrogen) atoms. The SMILES string of the molecule is Cc1ccnc(-n2nc3c(c2Cl)COCC3)c1. The van der Waals surface area contributed by atoms with Crippen molar-refractivity contribution in [3.8, 4) is 5.82 Å². The van der Waals surface area contributed by atoms with E-state index in [0.29, 0.717) is 18.4 Å². The molecule has 0 aliphatic carbocycles. The van der Waals surface area contributed by atoms with Crippen molar-refractivity contribution in [3.05, 3.63) is 40.3 Å². The van der Waals surface area contributed by atoms with Gasteiger partial charge in [0.2, 0.25) is 0 Å². The van der Waals surface area contributed by atoms with Gasteiger partial charge < -0.3 is 4.74 Å². The molecule has 5 heteroatoms. The molecule has 2 aromatic rings. The predicted octanol–water partition coefficient (Wildman–Crippen LogP) is 2.30. The molecular formula is C12H12ClN3O. The van der Waals surface area contributed by atoms with E-state index in [2.05, 4.69) is 10.1 Å². The second-order valence-corrected chi connectivity index (χ2v) is 4.48. The van der Waals surface area contributed by atoms with Crippen LogP contribution >= 0.6 is 11.6 Å². The highest BCUT2D eigenvalue weighted by atomic mass is 35.5. The number of aromatic nitrogens is 3. The van der Waals surface area contributed by atoms with Crippen LogP contribution in [0.1, 0.15) is 16.8 Å². The molecule has 0 spiro atoms. The van der Waals surface area contributed by atoms with Crippen LogP contribution in [0.4, 0.5) is 0 Å². The second-order valence-electron chi connectivity index (χ2n) is 4.12. The van der Waals surface area contributed by atoms with E-state index >= 15 is 0 Å². The third-order valence-corrected chi connectivity index (χ3v) is 3.24. The van der Waals surface area contributed by atoms with E-state index in [1.807, 2.05) is 19.1 Å². The minimum absolute atomic E-state index is 0.542. The molecule has 1 aliphatic rings. The Morgan fingerprint density at radius 2 is 2.35 bits per heavy atom. The number of pyridine rings is 1. The van der Waals surface area contributed by atoms with Crippen LogP contribution in [-0.4, -0.2) is 21.4 Å². The molecule has 0 saturated heterocycles. The molecule has 0 aromatic carbocycles. The lowest BCUT2D eigenvalue weighted by atomic mass is 10.2. The van der Waals surface area contributed by atoms with Gasteiger partial charge in [-0.1, -0.05) is 11.6 Å². The Bertz CT molecular complexity index is 565. The van der Waals surface area contributed by atoms with Gasteiger partial charge in [-0.05, 0) is 24.6 Å². The first-order valence-corrected chi connectivity index (χ1v) is 5.90. The number of nitrogens with zero attached hydrogens (tertiary/aromatic N) is 3. The van der Waals surface area contributed by atoms with E-state index in [1.54, 1.807) is 10.9 Å². The second kappa shape index (κ2) is 4.13. The molecule has 0 fully saturated rings. The van der Waals surface area contributed by atoms with Crippen molar-refractivity contribution in [1.82, 2.24) is 14.8 Å². The minimum atomic E-state index is 0.542. The quantitative estimate of drug-likeness (QED) is 0.779. The molecule has 0 N–H and O–H groups in total. The van der Waals surface area contributed by atoms with E-state index in [1.165, 1.54) is 0 Å². The number of ether oxygens (including phenoxy) is 1. The monoisotopic (exact) mass is 249 g/mol. The van der Waals surface area contributed by atoms with E-state index in [0.717, 1.165) is 29.1 Å². The first-order valence-electron chi connectivity index (χ1n) is 5.53. The van der Waals surface area contributed by atoms with Crippen molar-refractivity contribution in [2.75, 3.05) is 6.61 Å². The maximum Gasteiger partial charge on any atom is 0.155 e. The molecule has 2 aromatic heterocycles. The van der Waals surface area contributed by atoms with Crippen molar-refractivity contribution in [3.63, 3.8) is 0 Å². The van der Waals surface area contributed by atoms with Crippen molar-refractivity contribution in [1.29, 1.82) is 0 Å². The summed E-state index contributed by atoms with van der Waals surface area (Å²) < 4.78 is 7.08. The number of rotatable bonds is 1. The standard InChI is InChI=1S/C12H12ClN3O/c1-8-2-4-14-11(6-8)16-12(13)9-7-17-5-3-10(9)15-16/h2,4,6H,3,5,7H2,1H3. The highest BCUT2D eigenvalue weighted by Crippen LogP contribution is 2.26. The fraction of sp³-hybridized carbons (Fsp3) is 0.333. The summed E-state index contributed by atoms with van der Waals surface area (Å²) in [5, 5.41) is 5.11. The third-order valence-electron chi connectivity index (χ3n) is 2.85. The van der Waals surface area contributed by atoms with Gasteiger partial charge in [-0.15, -0.1) is 0 Å². The van der Waals surface area contributed by atoms with Gasteiger partial charge in [-0.25, -0.2) is 9.67 Å². The molecule has 0 radical (unpaired) electrons. The fourth-order valence-corrected chi connectivity index (χ4v) is 2.23. The summed E-state index contributed by atoms with van der Waals surface area (Å²) in [6.45, 7) is 3.27. The Kier molecular flexibility index (Phi) is 2.61. The lowest BCUT2D eigenvalue weighted by Crippen LogP contribution is -2.08. The molecule has 3 heterocycles. The van der Waals surface area contributed by atoms with Crippen molar-refractivity contribution < 1.29 is 4.74 Å². The summed E-state index contributed by atoms with van der Waals surface area (Å²) in [6, 6.07) is 3.91. The number of fused-ring (bicyclic) bond motifs is 1. The summed E-state index contributed by atoms with van der Waals surface area (Å²) in [7, 11) is 0. The van der Waals surface area contributed by atoms with Crippen molar-refractivity contribution >= 4 is 11.6 Å². The summed E-state index contributed by atoms with van der Waals surface area (Å²) in [5.74, 6) is 0.754. The van der Waals surface area contributed by atoms with Crippen molar-refractivity contribution in [2.24, 2.45) is 0 Å². The zero-order valence-electron chi connectivity index (χ0n) is 9.48. The van der Waals surface area contributed by atoms with Crippen LogP contribution in [0.2, 0.25) is 5.15 Å². The molecule has 3 rings (SSSR count). The zero-order chi connectivity index (χ0) is 11.8. The molecular weight excluding hydrogens is 238 g/mol. The van der Waals surface area contributed by atoms with Gasteiger partial charge in [0.15, 0.2) is 5.82 Å². The summed E-state index contributed by atoms with van der Waals surface area (Å²) in [5.41, 5.74) is 3.14. The number of hydrogen-bond acceptors (Lipinski definition) is 3. The van der Waals surface area contributed by atoms with Crippen LogP contribution in [-0.2, 0) is 17.8 Å². The molecule has 88 valence electrons. The minimum Gasteiger partial charge on any atom is -0.376 e. The maximum atomic E-state index is 6.31. The Hall–Kier alpha value is -1.39. The molecule has 0 bridgehead atoms. The molecule has 1 aliphatic heterocycles. The smallest absolute Gasteiger partial charge is 0.155 e. The van der Waals surface area contributed by atoms with Crippen LogP contribution in [0.5, 0.6) is 0 Å². The van der Waals surface area contributed by atoms with E-state index < -0.39 is 0 Å². The Morgan fingerprint density at radius 1 is 1.47 bits per heavy atom. The Labute approximate surface area is 104 Å². The lowest BCUT2D eigenvalue weighted by molar-refractivity contribution is 0.110. The largest absolute Gasteiger partial charge is 0.376 e. The Morgan fingerprint density at radius 3 is 3.12 bits per heavy atom.